The van der Waals surface area contributed by atoms with E-state index in [9.17, 15) is 0 Å². The van der Waals surface area contributed by atoms with Gasteiger partial charge in [-0.05, 0) is 49.1 Å². The summed E-state index contributed by atoms with van der Waals surface area (Å²) in [5, 5.41) is 6.07. The second-order valence-corrected chi connectivity index (χ2v) is 7.51. The van der Waals surface area contributed by atoms with Crippen molar-refractivity contribution < 1.29 is 0 Å². The lowest BCUT2D eigenvalue weighted by Crippen LogP contribution is -2.17. The number of fused-ring (bicyclic) bond motifs is 3. The molecule has 2 nitrogen and oxygen atoms in total. The van der Waals surface area contributed by atoms with Gasteiger partial charge in [0.2, 0.25) is 0 Å². The van der Waals surface area contributed by atoms with E-state index in [1.54, 1.807) is 0 Å². The van der Waals surface area contributed by atoms with Gasteiger partial charge in [0, 0.05) is 30.6 Å². The molecular formula is C21H23Cl3N2. The zero-order valence-electron chi connectivity index (χ0n) is 14.6. The fourth-order valence-electron chi connectivity index (χ4n) is 3.92. The maximum atomic E-state index is 6.33. The molecule has 0 saturated heterocycles. The van der Waals surface area contributed by atoms with E-state index in [0.29, 0.717) is 10.0 Å². The maximum absolute atomic E-state index is 6.33. The standard InChI is InChI=1S/C21H22Cl2N2.ClH/c22-18-13-17-16-8-10-24-11-9-20(16)25(21(17)14-19(18)23)12-4-7-15-5-2-1-3-6-15;/h1-3,5-6,13-14,24H,4,7-12H2;1H. The van der Waals surface area contributed by atoms with Gasteiger partial charge in [-0.25, -0.2) is 0 Å². The van der Waals surface area contributed by atoms with Crippen LogP contribution in [-0.4, -0.2) is 17.7 Å². The Bertz CT molecular complexity index is 887. The van der Waals surface area contributed by atoms with Gasteiger partial charge < -0.3 is 9.88 Å². The first kappa shape index (κ1) is 19.6. The minimum atomic E-state index is 0. The van der Waals surface area contributed by atoms with Crippen molar-refractivity contribution in [2.24, 2.45) is 0 Å². The molecule has 2 aromatic carbocycles. The topological polar surface area (TPSA) is 17.0 Å². The average Bonchev–Trinajstić information content (AvgIpc) is 2.79. The lowest BCUT2D eigenvalue weighted by Gasteiger charge is -2.11. The quantitative estimate of drug-likeness (QED) is 0.585. The zero-order valence-corrected chi connectivity index (χ0v) is 16.9. The number of rotatable bonds is 4. The number of hydrogen-bond donors (Lipinski definition) is 1. The van der Waals surface area contributed by atoms with Crippen molar-refractivity contribution in [3.05, 3.63) is 69.3 Å². The molecule has 0 spiro atoms. The molecule has 4 rings (SSSR count). The minimum absolute atomic E-state index is 0. The smallest absolute Gasteiger partial charge is 0.0613 e. The van der Waals surface area contributed by atoms with Crippen LogP contribution in [0.25, 0.3) is 10.9 Å². The molecule has 0 bridgehead atoms. The van der Waals surface area contributed by atoms with E-state index in [4.69, 9.17) is 23.2 Å². The van der Waals surface area contributed by atoms with Crippen LogP contribution in [0, 0.1) is 0 Å². The summed E-state index contributed by atoms with van der Waals surface area (Å²) < 4.78 is 2.48. The third kappa shape index (κ3) is 3.89. The largest absolute Gasteiger partial charge is 0.344 e. The predicted octanol–water partition coefficient (Wildman–Crippen LogP) is 5.69. The Morgan fingerprint density at radius 2 is 1.69 bits per heavy atom. The Hall–Kier alpha value is -1.19. The van der Waals surface area contributed by atoms with Crippen LogP contribution in [0.2, 0.25) is 10.0 Å². The molecule has 26 heavy (non-hydrogen) atoms. The maximum Gasteiger partial charge on any atom is 0.0613 e. The second-order valence-electron chi connectivity index (χ2n) is 6.70. The van der Waals surface area contributed by atoms with Gasteiger partial charge in [0.1, 0.15) is 0 Å². The second kappa shape index (κ2) is 8.67. The monoisotopic (exact) mass is 408 g/mol. The first-order valence-electron chi connectivity index (χ1n) is 8.97. The number of nitrogens with zero attached hydrogens (tertiary/aromatic N) is 1. The molecule has 1 aromatic heterocycles. The van der Waals surface area contributed by atoms with E-state index in [0.717, 1.165) is 45.3 Å². The number of hydrogen-bond acceptors (Lipinski definition) is 1. The summed E-state index contributed by atoms with van der Waals surface area (Å²) in [5.74, 6) is 0. The van der Waals surface area contributed by atoms with Crippen molar-refractivity contribution in [3.8, 4) is 0 Å². The van der Waals surface area contributed by atoms with Gasteiger partial charge >= 0.3 is 0 Å². The summed E-state index contributed by atoms with van der Waals surface area (Å²) in [6.45, 7) is 3.07. The Kier molecular flexibility index (Phi) is 6.52. The fraction of sp³-hybridized carbons (Fsp3) is 0.333. The zero-order chi connectivity index (χ0) is 17.2. The van der Waals surface area contributed by atoms with Crippen molar-refractivity contribution in [2.75, 3.05) is 13.1 Å². The van der Waals surface area contributed by atoms with E-state index in [1.165, 1.54) is 27.7 Å². The summed E-state index contributed by atoms with van der Waals surface area (Å²) >= 11 is 12.6. The summed E-state index contributed by atoms with van der Waals surface area (Å²) in [5.41, 5.74) is 5.52. The van der Waals surface area contributed by atoms with Crippen LogP contribution >= 0.6 is 35.6 Å². The van der Waals surface area contributed by atoms with Crippen LogP contribution < -0.4 is 5.32 Å². The molecule has 0 atom stereocenters. The molecule has 5 heteroatoms. The van der Waals surface area contributed by atoms with Crippen molar-refractivity contribution >= 4 is 46.5 Å². The Labute approximate surface area is 170 Å². The van der Waals surface area contributed by atoms with E-state index >= 15 is 0 Å². The molecule has 0 amide bonds. The highest BCUT2D eigenvalue weighted by molar-refractivity contribution is 6.42. The Morgan fingerprint density at radius 1 is 0.962 bits per heavy atom. The fourth-order valence-corrected chi connectivity index (χ4v) is 4.24. The first-order valence-corrected chi connectivity index (χ1v) is 9.73. The number of benzene rings is 2. The molecule has 0 saturated carbocycles. The molecule has 1 aliphatic heterocycles. The lowest BCUT2D eigenvalue weighted by atomic mass is 10.1. The molecule has 0 fully saturated rings. The summed E-state index contributed by atoms with van der Waals surface area (Å²) in [4.78, 5) is 0. The van der Waals surface area contributed by atoms with Crippen LogP contribution in [0.4, 0.5) is 0 Å². The molecule has 0 unspecified atom stereocenters. The molecule has 0 aliphatic carbocycles. The van der Waals surface area contributed by atoms with Crippen LogP contribution in [-0.2, 0) is 25.8 Å². The number of nitrogens with one attached hydrogen (secondary N) is 1. The average molecular weight is 410 g/mol. The Balaban J connectivity index is 0.00000196. The van der Waals surface area contributed by atoms with Crippen molar-refractivity contribution in [2.45, 2.75) is 32.2 Å². The third-order valence-electron chi connectivity index (χ3n) is 5.11. The van der Waals surface area contributed by atoms with Crippen LogP contribution in [0.5, 0.6) is 0 Å². The predicted molar refractivity (Wildman–Crippen MR) is 114 cm³/mol. The third-order valence-corrected chi connectivity index (χ3v) is 5.83. The summed E-state index contributed by atoms with van der Waals surface area (Å²) in [7, 11) is 0. The summed E-state index contributed by atoms with van der Waals surface area (Å²) in [6.07, 6.45) is 4.32. The summed E-state index contributed by atoms with van der Waals surface area (Å²) in [6, 6.07) is 14.8. The molecule has 0 radical (unpaired) electrons. The first-order chi connectivity index (χ1) is 12.2. The van der Waals surface area contributed by atoms with E-state index in [-0.39, 0.29) is 12.4 Å². The van der Waals surface area contributed by atoms with Crippen molar-refractivity contribution in [1.82, 2.24) is 9.88 Å². The molecule has 2 heterocycles. The highest BCUT2D eigenvalue weighted by atomic mass is 35.5. The highest BCUT2D eigenvalue weighted by Crippen LogP contribution is 2.34. The minimum Gasteiger partial charge on any atom is -0.344 e. The van der Waals surface area contributed by atoms with Crippen molar-refractivity contribution in [1.29, 1.82) is 0 Å². The number of halogens is 3. The Morgan fingerprint density at radius 3 is 2.50 bits per heavy atom. The lowest BCUT2D eigenvalue weighted by molar-refractivity contribution is 0.625. The van der Waals surface area contributed by atoms with Gasteiger partial charge in [-0.3, -0.25) is 0 Å². The number of aryl methyl sites for hydroxylation is 2. The molecular weight excluding hydrogens is 387 g/mol. The van der Waals surface area contributed by atoms with Gasteiger partial charge in [0.25, 0.3) is 0 Å². The van der Waals surface area contributed by atoms with Crippen LogP contribution in [0.1, 0.15) is 23.2 Å². The van der Waals surface area contributed by atoms with Crippen LogP contribution in [0.3, 0.4) is 0 Å². The molecule has 1 aliphatic rings. The van der Waals surface area contributed by atoms with Crippen LogP contribution in [0.15, 0.2) is 42.5 Å². The van der Waals surface area contributed by atoms with E-state index in [1.807, 2.05) is 6.07 Å². The van der Waals surface area contributed by atoms with Gasteiger partial charge in [-0.1, -0.05) is 53.5 Å². The highest BCUT2D eigenvalue weighted by Gasteiger charge is 2.19. The normalized spacial score (nSPS) is 13.9. The molecule has 3 aromatic rings. The number of aromatic nitrogens is 1. The van der Waals surface area contributed by atoms with Gasteiger partial charge in [-0.2, -0.15) is 0 Å². The van der Waals surface area contributed by atoms with Gasteiger partial charge in [0.05, 0.1) is 15.6 Å². The SMILES string of the molecule is Cl.Clc1cc2c3c(n(CCCc4ccccc4)c2cc1Cl)CCNCC3. The molecule has 1 N–H and O–H groups in total. The molecule has 138 valence electrons. The van der Waals surface area contributed by atoms with Crippen molar-refractivity contribution in [3.63, 3.8) is 0 Å². The van der Waals surface area contributed by atoms with Gasteiger partial charge in [-0.15, -0.1) is 12.4 Å². The van der Waals surface area contributed by atoms with E-state index in [2.05, 4.69) is 46.3 Å². The van der Waals surface area contributed by atoms with E-state index < -0.39 is 0 Å². The van der Waals surface area contributed by atoms with Gasteiger partial charge in [0.15, 0.2) is 0 Å².